The maximum absolute atomic E-state index is 11.9. The highest BCUT2D eigenvalue weighted by Crippen LogP contribution is 2.23. The van der Waals surface area contributed by atoms with E-state index in [2.05, 4.69) is 9.98 Å². The first kappa shape index (κ1) is 9.16. The fraction of sp³-hybridized carbons (Fsp3) is 0.167. The van der Waals surface area contributed by atoms with Gasteiger partial charge in [0.05, 0.1) is 0 Å². The van der Waals surface area contributed by atoms with Gasteiger partial charge >= 0.3 is 6.18 Å². The highest BCUT2D eigenvalue weighted by molar-refractivity contribution is 6.24. The molecule has 1 aliphatic rings. The molecule has 1 aliphatic heterocycles. The molecule has 13 heavy (non-hydrogen) atoms. The second kappa shape index (κ2) is 2.84. The minimum atomic E-state index is -4.72. The third-order valence-electron chi connectivity index (χ3n) is 1.13. The van der Waals surface area contributed by atoms with Crippen LogP contribution in [0.4, 0.5) is 13.2 Å². The lowest BCUT2D eigenvalue weighted by atomic mass is 10.3. The molecule has 0 fully saturated rings. The largest absolute Gasteiger partial charge is 0.761 e. The molecule has 0 spiro atoms. The van der Waals surface area contributed by atoms with E-state index in [0.717, 1.165) is 0 Å². The van der Waals surface area contributed by atoms with Crippen LogP contribution in [0.15, 0.2) is 15.7 Å². The Hall–Kier alpha value is -1.93. The number of nitrogens with zero attached hydrogens (tertiary/aromatic N) is 4. The van der Waals surface area contributed by atoms with Gasteiger partial charge in [0.2, 0.25) is 5.84 Å². The van der Waals surface area contributed by atoms with Gasteiger partial charge in [-0.15, -0.1) is 0 Å². The molecule has 0 radical (unpaired) electrons. The predicted molar refractivity (Wildman–Crippen MR) is 38.4 cm³/mol. The molecular weight excluding hydrogens is 185 g/mol. The first-order valence-electron chi connectivity index (χ1n) is 2.91. The molecule has 4 nitrogen and oxygen atoms in total. The van der Waals surface area contributed by atoms with E-state index in [1.165, 1.54) is 11.9 Å². The molecule has 0 atom stereocenters. The third kappa shape index (κ3) is 1.63. The van der Waals surface area contributed by atoms with Crippen LogP contribution in [0.5, 0.6) is 0 Å². The molecule has 1 heterocycles. The first-order chi connectivity index (χ1) is 5.99. The number of halogens is 3. The Morgan fingerprint density at radius 3 is 2.23 bits per heavy atom. The summed E-state index contributed by atoms with van der Waals surface area (Å²) in [5.41, 5.74) is -1.20. The van der Waals surface area contributed by atoms with Crippen LogP contribution in [0.3, 0.4) is 0 Å². The van der Waals surface area contributed by atoms with Crippen molar-refractivity contribution < 1.29 is 13.2 Å². The summed E-state index contributed by atoms with van der Waals surface area (Å²) < 4.78 is 35.7. The topological polar surface area (TPSA) is 70.8 Å². The summed E-state index contributed by atoms with van der Waals surface area (Å²) in [6, 6.07) is 1.34. The Morgan fingerprint density at radius 1 is 1.31 bits per heavy atom. The van der Waals surface area contributed by atoms with Crippen molar-refractivity contribution in [3.05, 3.63) is 11.1 Å². The molecule has 1 rings (SSSR count). The summed E-state index contributed by atoms with van der Waals surface area (Å²) in [7, 11) is 0. The molecule has 66 valence electrons. The van der Waals surface area contributed by atoms with Crippen LogP contribution >= 0.6 is 0 Å². The van der Waals surface area contributed by atoms with Crippen molar-refractivity contribution in [1.82, 2.24) is 0 Å². The molecule has 0 saturated carbocycles. The van der Waals surface area contributed by atoms with E-state index in [0.29, 0.717) is 0 Å². The average Bonchev–Trinajstić information content (AvgIpc) is 2.45. The number of aliphatic imine (C=N–C) groups is 2. The van der Waals surface area contributed by atoms with E-state index < -0.39 is 23.4 Å². The van der Waals surface area contributed by atoms with Crippen molar-refractivity contribution in [3.8, 4) is 6.07 Å². The zero-order valence-electron chi connectivity index (χ0n) is 5.92. The smallest absolute Gasteiger partial charge is 0.451 e. The lowest BCUT2D eigenvalue weighted by Gasteiger charge is -1.99. The maximum Gasteiger partial charge on any atom is 0.451 e. The quantitative estimate of drug-likeness (QED) is 0.520. The van der Waals surface area contributed by atoms with Gasteiger partial charge in [0.1, 0.15) is 11.8 Å². The van der Waals surface area contributed by atoms with Gasteiger partial charge in [-0.3, -0.25) is 0 Å². The van der Waals surface area contributed by atoms with E-state index in [9.17, 15) is 13.2 Å². The van der Waals surface area contributed by atoms with Crippen molar-refractivity contribution in [2.45, 2.75) is 6.18 Å². The standard InChI is InChI=1S/C6F3N4/c7-6(8,9)5-12-3(1-10)4(2-11)13-5/q-1. The zero-order valence-corrected chi connectivity index (χ0v) is 5.92. The van der Waals surface area contributed by atoms with Crippen molar-refractivity contribution in [1.29, 1.82) is 5.26 Å². The number of nitriles is 1. The number of allylic oxidation sites excluding steroid dienone is 1. The average molecular weight is 185 g/mol. The van der Waals surface area contributed by atoms with E-state index in [1.54, 1.807) is 0 Å². The third-order valence-corrected chi connectivity index (χ3v) is 1.13. The zero-order chi connectivity index (χ0) is 10.1. The SMILES string of the molecule is N#CC1=NC(C(F)(F)F)=NC1=C=[N-]. The van der Waals surface area contributed by atoms with E-state index >= 15 is 0 Å². The second-order valence-corrected chi connectivity index (χ2v) is 1.97. The summed E-state index contributed by atoms with van der Waals surface area (Å²) in [5, 5.41) is 16.5. The lowest BCUT2D eigenvalue weighted by molar-refractivity contribution is -0.0594. The van der Waals surface area contributed by atoms with Gasteiger partial charge in [-0.25, -0.2) is 15.9 Å². The van der Waals surface area contributed by atoms with Gasteiger partial charge in [0, 0.05) is 0 Å². The molecule has 0 aromatic carbocycles. The number of amidine groups is 1. The van der Waals surface area contributed by atoms with Crippen LogP contribution in [-0.4, -0.2) is 23.6 Å². The summed E-state index contributed by atoms with van der Waals surface area (Å²) >= 11 is 0. The molecular formula is C6F3N4-. The van der Waals surface area contributed by atoms with Crippen molar-refractivity contribution >= 4 is 17.4 Å². The van der Waals surface area contributed by atoms with Crippen LogP contribution in [-0.2, 0) is 0 Å². The Morgan fingerprint density at radius 2 is 1.92 bits per heavy atom. The molecule has 0 N–H and O–H groups in total. The van der Waals surface area contributed by atoms with Gasteiger partial charge in [-0.1, -0.05) is 0 Å². The summed E-state index contributed by atoms with van der Waals surface area (Å²) in [5.74, 6) is -0.115. The van der Waals surface area contributed by atoms with Crippen LogP contribution in [0.25, 0.3) is 5.41 Å². The molecule has 0 amide bonds. The number of alkyl halides is 3. The molecule has 7 heteroatoms. The molecule has 0 aliphatic carbocycles. The molecule has 0 aromatic rings. The summed E-state index contributed by atoms with van der Waals surface area (Å²) in [6.07, 6.45) is -4.72. The van der Waals surface area contributed by atoms with Crippen molar-refractivity contribution in [2.24, 2.45) is 9.98 Å². The molecule has 0 aromatic heterocycles. The maximum atomic E-state index is 11.9. The fourth-order valence-corrected chi connectivity index (χ4v) is 0.625. The minimum absolute atomic E-state index is 0.602. The Labute approximate surface area is 70.2 Å². The molecule has 0 unspecified atom stereocenters. The van der Waals surface area contributed by atoms with Gasteiger partial charge in [-0.2, -0.15) is 18.4 Å². The molecule has 0 bridgehead atoms. The Bertz CT molecular complexity index is 389. The minimum Gasteiger partial charge on any atom is -0.761 e. The number of rotatable bonds is 0. The van der Waals surface area contributed by atoms with Gasteiger partial charge in [0.15, 0.2) is 5.71 Å². The van der Waals surface area contributed by atoms with Gasteiger partial charge in [-0.05, 0) is 0 Å². The first-order valence-corrected chi connectivity index (χ1v) is 2.91. The summed E-state index contributed by atoms with van der Waals surface area (Å²) in [6.45, 7) is 0. The Balaban J connectivity index is 3.18. The van der Waals surface area contributed by atoms with E-state index in [4.69, 9.17) is 10.7 Å². The van der Waals surface area contributed by atoms with Gasteiger partial charge in [0.25, 0.3) is 0 Å². The lowest BCUT2D eigenvalue weighted by Crippen LogP contribution is -2.19. The van der Waals surface area contributed by atoms with Crippen molar-refractivity contribution in [3.63, 3.8) is 0 Å². The Kier molecular flexibility index (Phi) is 2.00. The van der Waals surface area contributed by atoms with E-state index in [-0.39, 0.29) is 0 Å². The number of hydrogen-bond acceptors (Lipinski definition) is 3. The van der Waals surface area contributed by atoms with Gasteiger partial charge < -0.3 is 5.41 Å². The number of hydrogen-bond donors (Lipinski definition) is 0. The van der Waals surface area contributed by atoms with E-state index in [1.807, 2.05) is 0 Å². The summed E-state index contributed by atoms with van der Waals surface area (Å²) in [4.78, 5) is 5.70. The van der Waals surface area contributed by atoms with Crippen LogP contribution in [0.1, 0.15) is 0 Å². The monoisotopic (exact) mass is 185 g/mol. The second-order valence-electron chi connectivity index (χ2n) is 1.97. The van der Waals surface area contributed by atoms with Crippen LogP contribution in [0.2, 0.25) is 0 Å². The van der Waals surface area contributed by atoms with Crippen LogP contribution in [0, 0.1) is 11.3 Å². The highest BCUT2D eigenvalue weighted by atomic mass is 19.4. The van der Waals surface area contributed by atoms with Crippen molar-refractivity contribution in [2.75, 3.05) is 0 Å². The highest BCUT2D eigenvalue weighted by Gasteiger charge is 2.39. The normalized spacial score (nSPS) is 16.0. The molecule has 0 saturated heterocycles. The fourth-order valence-electron chi connectivity index (χ4n) is 0.625. The van der Waals surface area contributed by atoms with Crippen LogP contribution < -0.4 is 0 Å². The predicted octanol–water partition coefficient (Wildman–Crippen LogP) is 1.05.